The molecular formula is C25H31N9O7S3. The van der Waals surface area contributed by atoms with Gasteiger partial charge in [-0.2, -0.15) is 0 Å². The number of thioether (sulfide) groups is 2. The highest BCUT2D eigenvalue weighted by Crippen LogP contribution is 2.41. The molecule has 4 rings (SSSR count). The lowest BCUT2D eigenvalue weighted by Gasteiger charge is -2.50. The van der Waals surface area contributed by atoms with Gasteiger partial charge >= 0.3 is 11.1 Å². The van der Waals surface area contributed by atoms with Crippen molar-refractivity contribution in [1.29, 1.82) is 0 Å². The second-order valence-corrected chi connectivity index (χ2v) is 13.0. The van der Waals surface area contributed by atoms with Crippen LogP contribution in [0.3, 0.4) is 0 Å². The van der Waals surface area contributed by atoms with Gasteiger partial charge in [-0.1, -0.05) is 17.1 Å². The number of hydrogen-bond acceptors (Lipinski definition) is 15. The van der Waals surface area contributed by atoms with Crippen molar-refractivity contribution in [2.24, 2.45) is 5.16 Å². The first-order chi connectivity index (χ1) is 20.7. The number of aromatic nitrogens is 3. The molecule has 2 amide bonds. The second kappa shape index (κ2) is 12.9. The van der Waals surface area contributed by atoms with E-state index >= 15 is 0 Å². The molecular weight excluding hydrogens is 635 g/mol. The molecule has 2 aliphatic heterocycles. The van der Waals surface area contributed by atoms with Crippen molar-refractivity contribution >= 4 is 81.1 Å². The number of carboxylic acid groups (broad SMARTS) is 2. The average molecular weight is 666 g/mol. The Bertz CT molecular complexity index is 1590. The van der Waals surface area contributed by atoms with Gasteiger partial charge in [-0.3, -0.25) is 14.5 Å². The van der Waals surface area contributed by atoms with Gasteiger partial charge in [0.05, 0.1) is 23.8 Å². The molecule has 0 radical (unpaired) electrons. The van der Waals surface area contributed by atoms with Crippen LogP contribution in [0.1, 0.15) is 39.0 Å². The van der Waals surface area contributed by atoms with Crippen LogP contribution in [-0.4, -0.2) is 78.0 Å². The van der Waals surface area contributed by atoms with Crippen LogP contribution in [0.15, 0.2) is 27.0 Å². The van der Waals surface area contributed by atoms with Gasteiger partial charge in [0.15, 0.2) is 10.8 Å². The number of β-lactam (4-membered cyclic amide) rings is 1. The largest absolute Gasteiger partial charge is 0.543 e. The van der Waals surface area contributed by atoms with Gasteiger partial charge in [0.1, 0.15) is 17.1 Å². The normalized spacial score (nSPS) is 18.5. The zero-order chi connectivity index (χ0) is 32.5. The Labute approximate surface area is 264 Å². The molecule has 8 N–H and O–H groups in total. The molecule has 0 spiro atoms. The summed E-state index contributed by atoms with van der Waals surface area (Å²) in [4.78, 5) is 64.9. The van der Waals surface area contributed by atoms with E-state index < -0.39 is 46.5 Å². The topological polar surface area (TPSA) is 256 Å². The standard InChI is InChI=1S/C25H31N9O7S3/c1-5-11-16(26)31-24(33(6-2)17(11)27)44-8-10-7-42-20-14(19(36)34(20)15(10)21(37)38)30-18(35)13(12-9-43-23(28)29-12)32-41-25(3,4)22(39)40/h9,14,20H,5-8H2,1-4H3,(H8,26,27,28,29,30,35,37,38,39,40)/b32-13-. The number of nitrogens with zero attached hydrogens (tertiary/aromatic N) is 5. The van der Waals surface area contributed by atoms with Gasteiger partial charge < -0.3 is 42.4 Å². The molecule has 1 fully saturated rings. The minimum absolute atomic E-state index is 0.00640. The minimum Gasteiger partial charge on any atom is -0.543 e. The number of carboxylic acids is 2. The molecule has 0 bridgehead atoms. The van der Waals surface area contributed by atoms with Crippen LogP contribution in [-0.2, 0) is 37.0 Å². The van der Waals surface area contributed by atoms with E-state index in [4.69, 9.17) is 22.0 Å². The van der Waals surface area contributed by atoms with Crippen LogP contribution in [0, 0.1) is 0 Å². The van der Waals surface area contributed by atoms with Gasteiger partial charge in [0.25, 0.3) is 11.8 Å². The lowest BCUT2D eigenvalue weighted by atomic mass is 10.0. The number of oxime groups is 1. The maximum absolute atomic E-state index is 13.3. The fraction of sp³-hybridized carbons (Fsp3) is 0.440. The van der Waals surface area contributed by atoms with Crippen LogP contribution in [0.5, 0.6) is 0 Å². The number of fused-ring (bicyclic) bond motifs is 1. The van der Waals surface area contributed by atoms with Gasteiger partial charge in [0.2, 0.25) is 17.2 Å². The van der Waals surface area contributed by atoms with Crippen molar-refractivity contribution in [2.45, 2.75) is 62.8 Å². The van der Waals surface area contributed by atoms with Gasteiger partial charge in [0, 0.05) is 16.9 Å². The smallest absolute Gasteiger partial charge is 0.350 e. The maximum Gasteiger partial charge on any atom is 0.350 e. The van der Waals surface area contributed by atoms with E-state index in [0.29, 0.717) is 35.3 Å². The molecule has 236 valence electrons. The molecule has 44 heavy (non-hydrogen) atoms. The van der Waals surface area contributed by atoms with Crippen LogP contribution in [0.4, 0.5) is 16.8 Å². The molecule has 2 aliphatic rings. The van der Waals surface area contributed by atoms with Crippen molar-refractivity contribution in [3.63, 3.8) is 0 Å². The minimum atomic E-state index is -1.78. The van der Waals surface area contributed by atoms with Crippen molar-refractivity contribution in [2.75, 3.05) is 28.7 Å². The Kier molecular flexibility index (Phi) is 9.59. The van der Waals surface area contributed by atoms with E-state index in [0.717, 1.165) is 21.8 Å². The summed E-state index contributed by atoms with van der Waals surface area (Å²) >= 11 is 3.50. The van der Waals surface area contributed by atoms with E-state index in [1.807, 2.05) is 13.8 Å². The van der Waals surface area contributed by atoms with E-state index in [2.05, 4.69) is 20.4 Å². The maximum atomic E-state index is 13.3. The summed E-state index contributed by atoms with van der Waals surface area (Å²) in [7, 11) is 0. The molecule has 19 heteroatoms. The SMILES string of the molecule is CCc1c(N)nc(SCC2=C(C(=O)[O-])N3C(=O)C(NC(=O)/C(=N\OC(C)(C)C(=O)O)c4csc(N)n4)C3SC2)[n+](CC)c1N. The number of anilines is 3. The summed E-state index contributed by atoms with van der Waals surface area (Å²) in [5, 5.41) is 29.1. The zero-order valence-electron chi connectivity index (χ0n) is 24.2. The number of hydrogen-bond donors (Lipinski definition) is 5. The Balaban J connectivity index is 1.55. The number of nitrogens with two attached hydrogens (primary N) is 3. The van der Waals surface area contributed by atoms with E-state index in [9.17, 15) is 29.4 Å². The molecule has 4 heterocycles. The zero-order valence-corrected chi connectivity index (χ0v) is 26.6. The number of carbonyl (C=O) groups excluding carboxylic acids is 3. The number of thiazole rings is 1. The molecule has 0 saturated carbocycles. The summed E-state index contributed by atoms with van der Waals surface area (Å²) in [5.41, 5.74) is 16.8. The van der Waals surface area contributed by atoms with Crippen LogP contribution >= 0.6 is 34.9 Å². The molecule has 2 unspecified atom stereocenters. The Morgan fingerprint density at radius 3 is 2.57 bits per heavy atom. The van der Waals surface area contributed by atoms with E-state index in [1.54, 1.807) is 4.57 Å². The molecule has 0 aliphatic carbocycles. The molecule has 2 aromatic rings. The molecule has 2 aromatic heterocycles. The van der Waals surface area contributed by atoms with Gasteiger partial charge in [-0.15, -0.1) is 23.1 Å². The van der Waals surface area contributed by atoms with Crippen LogP contribution in [0.2, 0.25) is 0 Å². The number of amides is 2. The summed E-state index contributed by atoms with van der Waals surface area (Å²) < 4.78 is 1.79. The first kappa shape index (κ1) is 32.8. The predicted octanol–water partition coefficient (Wildman–Crippen LogP) is -1.07. The molecule has 1 saturated heterocycles. The Morgan fingerprint density at radius 1 is 1.30 bits per heavy atom. The quantitative estimate of drug-likeness (QED) is 0.0452. The summed E-state index contributed by atoms with van der Waals surface area (Å²) in [6, 6.07) is -1.12. The first-order valence-electron chi connectivity index (χ1n) is 13.2. The number of rotatable bonds is 12. The third-order valence-electron chi connectivity index (χ3n) is 6.79. The van der Waals surface area contributed by atoms with Crippen molar-refractivity contribution in [3.05, 3.63) is 27.9 Å². The third-order valence-corrected chi connectivity index (χ3v) is 9.86. The van der Waals surface area contributed by atoms with Crippen molar-refractivity contribution in [3.8, 4) is 0 Å². The number of nitrogens with one attached hydrogen (secondary N) is 1. The third kappa shape index (κ3) is 6.25. The molecule has 16 nitrogen and oxygen atoms in total. The molecule has 0 aromatic carbocycles. The van der Waals surface area contributed by atoms with Gasteiger partial charge in [-0.05, 0) is 44.5 Å². The highest BCUT2D eigenvalue weighted by molar-refractivity contribution is 8.01. The van der Waals surface area contributed by atoms with E-state index in [1.165, 1.54) is 42.8 Å². The predicted molar refractivity (Wildman–Crippen MR) is 162 cm³/mol. The summed E-state index contributed by atoms with van der Waals surface area (Å²) in [5.74, 6) is -3.27. The number of nitrogen functional groups attached to an aromatic ring is 3. The second-order valence-electron chi connectivity index (χ2n) is 10.0. The summed E-state index contributed by atoms with van der Waals surface area (Å²) in [6.45, 7) is 6.81. The Hall–Kier alpha value is -4.10. The first-order valence-corrected chi connectivity index (χ1v) is 16.1. The molecule has 2 atom stereocenters. The number of aliphatic carboxylic acids is 2. The monoisotopic (exact) mass is 665 g/mol. The highest BCUT2D eigenvalue weighted by Gasteiger charge is 2.53. The highest BCUT2D eigenvalue weighted by atomic mass is 32.2. The fourth-order valence-electron chi connectivity index (χ4n) is 4.35. The average Bonchev–Trinajstić information content (AvgIpc) is 3.39. The van der Waals surface area contributed by atoms with E-state index in [-0.39, 0.29) is 28.0 Å². The summed E-state index contributed by atoms with van der Waals surface area (Å²) in [6.07, 6.45) is 0.598. The lowest BCUT2D eigenvalue weighted by Crippen LogP contribution is -2.71. The lowest BCUT2D eigenvalue weighted by molar-refractivity contribution is -0.720. The van der Waals surface area contributed by atoms with Crippen molar-refractivity contribution in [1.82, 2.24) is 20.2 Å². The van der Waals surface area contributed by atoms with Crippen LogP contribution in [0.25, 0.3) is 0 Å². The fourth-order valence-corrected chi connectivity index (χ4v) is 7.46. The van der Waals surface area contributed by atoms with Crippen molar-refractivity contribution < 1.29 is 38.8 Å². The Morgan fingerprint density at radius 2 is 2.00 bits per heavy atom. The van der Waals surface area contributed by atoms with Crippen LogP contribution < -0.4 is 32.2 Å². The number of carbonyl (C=O) groups is 4. The van der Waals surface area contributed by atoms with Gasteiger partial charge in [-0.25, -0.2) is 14.3 Å².